The lowest BCUT2D eigenvalue weighted by atomic mass is 10.1. The molecule has 4 rings (SSSR count). The van der Waals surface area contributed by atoms with Gasteiger partial charge >= 0.3 is 0 Å². The van der Waals surface area contributed by atoms with Crippen LogP contribution in [0.5, 0.6) is 5.75 Å². The number of benzene rings is 3. The fourth-order valence-electron chi connectivity index (χ4n) is 5.37. The summed E-state index contributed by atoms with van der Waals surface area (Å²) in [5.74, 6) is -0.965. The fourth-order valence-corrected chi connectivity index (χ4v) is 6.79. The minimum atomic E-state index is -4.23. The molecule has 3 aromatic rings. The molecule has 1 aliphatic carbocycles. The topological polar surface area (TPSA) is 96.0 Å². The number of nitrogens with one attached hydrogen (secondary N) is 1. The second-order valence-electron chi connectivity index (χ2n) is 10.8. The molecule has 2 amide bonds. The van der Waals surface area contributed by atoms with E-state index < -0.39 is 34.3 Å². The Morgan fingerprint density at radius 3 is 2.26 bits per heavy atom. The maximum Gasteiger partial charge on any atom is 0.264 e. The van der Waals surface area contributed by atoms with Gasteiger partial charge in [0.1, 0.15) is 24.2 Å². The van der Waals surface area contributed by atoms with Crippen molar-refractivity contribution in [2.24, 2.45) is 0 Å². The van der Waals surface area contributed by atoms with E-state index in [1.165, 1.54) is 29.2 Å². The molecule has 1 aliphatic rings. The van der Waals surface area contributed by atoms with E-state index in [0.717, 1.165) is 35.6 Å². The number of hydrogen-bond acceptors (Lipinski definition) is 5. The average Bonchev–Trinajstić information content (AvgIpc) is 3.50. The molecule has 3 aromatic carbocycles. The summed E-state index contributed by atoms with van der Waals surface area (Å²) in [4.78, 5) is 29.2. The molecular formula is C33H40FN3O5S. The highest BCUT2D eigenvalue weighted by Gasteiger charge is 2.35. The Morgan fingerprint density at radius 1 is 0.977 bits per heavy atom. The van der Waals surface area contributed by atoms with Crippen molar-refractivity contribution in [3.05, 3.63) is 89.7 Å². The molecule has 1 N–H and O–H groups in total. The maximum absolute atomic E-state index is 14.3. The van der Waals surface area contributed by atoms with Gasteiger partial charge in [0, 0.05) is 12.6 Å². The predicted molar refractivity (Wildman–Crippen MR) is 165 cm³/mol. The van der Waals surface area contributed by atoms with Crippen molar-refractivity contribution in [1.82, 2.24) is 10.2 Å². The zero-order valence-corrected chi connectivity index (χ0v) is 25.8. The van der Waals surface area contributed by atoms with Gasteiger partial charge in [-0.1, -0.05) is 61.7 Å². The zero-order chi connectivity index (χ0) is 31.0. The quantitative estimate of drug-likeness (QED) is 0.273. The van der Waals surface area contributed by atoms with E-state index in [9.17, 15) is 22.4 Å². The van der Waals surface area contributed by atoms with E-state index in [0.29, 0.717) is 24.3 Å². The second kappa shape index (κ2) is 14.5. The summed E-state index contributed by atoms with van der Waals surface area (Å²) in [6, 6.07) is 18.0. The summed E-state index contributed by atoms with van der Waals surface area (Å²) in [7, 11) is -4.23. The summed E-state index contributed by atoms with van der Waals surface area (Å²) in [5.41, 5.74) is 1.72. The fraction of sp³-hybridized carbons (Fsp3) is 0.394. The highest BCUT2D eigenvalue weighted by molar-refractivity contribution is 7.92. The Kier molecular flexibility index (Phi) is 10.8. The Bertz CT molecular complexity index is 1490. The third-order valence-electron chi connectivity index (χ3n) is 7.68. The van der Waals surface area contributed by atoms with Crippen LogP contribution in [0.4, 0.5) is 10.1 Å². The monoisotopic (exact) mass is 609 g/mol. The molecule has 0 radical (unpaired) electrons. The lowest BCUT2D eigenvalue weighted by molar-refractivity contribution is -0.140. The second-order valence-corrected chi connectivity index (χ2v) is 12.6. The van der Waals surface area contributed by atoms with Crippen molar-refractivity contribution < 1.29 is 27.1 Å². The normalized spacial score (nSPS) is 14.2. The number of aryl methyl sites for hydroxylation is 1. The van der Waals surface area contributed by atoms with Gasteiger partial charge in [0.15, 0.2) is 0 Å². The minimum absolute atomic E-state index is 0.00122. The van der Waals surface area contributed by atoms with Crippen molar-refractivity contribution in [3.8, 4) is 5.75 Å². The molecule has 1 fully saturated rings. The molecule has 0 heterocycles. The van der Waals surface area contributed by atoms with Crippen LogP contribution in [0.3, 0.4) is 0 Å². The van der Waals surface area contributed by atoms with Gasteiger partial charge in [0.05, 0.1) is 17.2 Å². The summed E-state index contributed by atoms with van der Waals surface area (Å²) < 4.78 is 48.8. The van der Waals surface area contributed by atoms with Crippen LogP contribution in [-0.2, 0) is 26.2 Å². The Morgan fingerprint density at radius 2 is 1.63 bits per heavy atom. The number of sulfonamides is 1. The lowest BCUT2D eigenvalue weighted by Gasteiger charge is -2.34. The third-order valence-corrected chi connectivity index (χ3v) is 9.45. The van der Waals surface area contributed by atoms with Crippen molar-refractivity contribution in [3.63, 3.8) is 0 Å². The van der Waals surface area contributed by atoms with Crippen molar-refractivity contribution in [2.75, 3.05) is 17.5 Å². The van der Waals surface area contributed by atoms with Gasteiger partial charge in [-0.05, 0) is 75.1 Å². The number of halogens is 1. The molecule has 10 heteroatoms. The lowest BCUT2D eigenvalue weighted by Crippen LogP contribution is -2.53. The van der Waals surface area contributed by atoms with Crippen molar-refractivity contribution in [2.45, 2.75) is 76.4 Å². The molecule has 0 saturated heterocycles. The molecule has 1 atom stereocenters. The number of carbonyl (C=O) groups is 2. The van der Waals surface area contributed by atoms with Crippen LogP contribution in [0.2, 0.25) is 0 Å². The minimum Gasteiger partial charge on any atom is -0.492 e. The van der Waals surface area contributed by atoms with Crippen LogP contribution < -0.4 is 14.4 Å². The SMILES string of the molecule is CCOc1ccccc1N(CC(=O)N(Cc1ccc(F)cc1)[C@@H](CC)C(=O)NC1CCCC1)S(=O)(=O)c1ccc(C)cc1. The van der Waals surface area contributed by atoms with Crippen LogP contribution in [0, 0.1) is 12.7 Å². The first-order chi connectivity index (χ1) is 20.6. The number of para-hydroxylation sites is 2. The van der Waals surface area contributed by atoms with Gasteiger partial charge in [-0.2, -0.15) is 0 Å². The standard InChI is InChI=1S/C33H40FN3O5S/c1-4-29(33(39)35-27-10-6-7-11-27)36(22-25-16-18-26(34)19-17-25)32(38)23-37(30-12-8-9-13-31(30)42-5-2)43(40,41)28-20-14-24(3)15-21-28/h8-9,12-21,27,29H,4-7,10-11,22-23H2,1-3H3,(H,35,39)/t29-/m0/s1. The van der Waals surface area contributed by atoms with Crippen molar-refractivity contribution >= 4 is 27.5 Å². The molecule has 0 bridgehead atoms. The molecule has 0 spiro atoms. The van der Waals surface area contributed by atoms with Crippen LogP contribution in [0.15, 0.2) is 77.7 Å². The maximum atomic E-state index is 14.3. The highest BCUT2D eigenvalue weighted by Crippen LogP contribution is 2.33. The number of nitrogens with zero attached hydrogens (tertiary/aromatic N) is 2. The molecule has 0 unspecified atom stereocenters. The molecule has 8 nitrogen and oxygen atoms in total. The van der Waals surface area contributed by atoms with Crippen LogP contribution in [-0.4, -0.2) is 50.4 Å². The van der Waals surface area contributed by atoms with E-state index in [4.69, 9.17) is 4.74 Å². The van der Waals surface area contributed by atoms with Gasteiger partial charge in [-0.25, -0.2) is 12.8 Å². The van der Waals surface area contributed by atoms with E-state index in [-0.39, 0.29) is 29.1 Å². The number of anilines is 1. The molecular weight excluding hydrogens is 569 g/mol. The van der Waals surface area contributed by atoms with Gasteiger partial charge < -0.3 is 15.0 Å². The molecule has 0 aliphatic heterocycles. The first kappa shape index (κ1) is 32.0. The number of amides is 2. The smallest absolute Gasteiger partial charge is 0.264 e. The van der Waals surface area contributed by atoms with Gasteiger partial charge in [0.2, 0.25) is 11.8 Å². The van der Waals surface area contributed by atoms with Gasteiger partial charge in [-0.15, -0.1) is 0 Å². The Labute approximate surface area is 253 Å². The summed E-state index contributed by atoms with van der Waals surface area (Å²) in [6.45, 7) is 5.18. The summed E-state index contributed by atoms with van der Waals surface area (Å²) in [5, 5.41) is 3.09. The summed E-state index contributed by atoms with van der Waals surface area (Å²) in [6.07, 6.45) is 4.14. The van der Waals surface area contributed by atoms with Crippen LogP contribution in [0.25, 0.3) is 0 Å². The molecule has 43 heavy (non-hydrogen) atoms. The molecule has 230 valence electrons. The van der Waals surface area contributed by atoms with E-state index in [1.807, 2.05) is 13.8 Å². The van der Waals surface area contributed by atoms with E-state index >= 15 is 0 Å². The van der Waals surface area contributed by atoms with Crippen LogP contribution >= 0.6 is 0 Å². The largest absolute Gasteiger partial charge is 0.492 e. The average molecular weight is 610 g/mol. The number of rotatable bonds is 13. The first-order valence-corrected chi connectivity index (χ1v) is 16.2. The number of carbonyl (C=O) groups excluding carboxylic acids is 2. The van der Waals surface area contributed by atoms with Crippen molar-refractivity contribution in [1.29, 1.82) is 0 Å². The molecule has 1 saturated carbocycles. The van der Waals surface area contributed by atoms with E-state index in [1.54, 1.807) is 55.5 Å². The number of ether oxygens (including phenoxy) is 1. The first-order valence-electron chi connectivity index (χ1n) is 14.8. The van der Waals surface area contributed by atoms with E-state index in [2.05, 4.69) is 5.32 Å². The zero-order valence-electron chi connectivity index (χ0n) is 25.0. The molecule has 0 aromatic heterocycles. The van der Waals surface area contributed by atoms with Crippen LogP contribution in [0.1, 0.15) is 57.1 Å². The third kappa shape index (κ3) is 7.93. The number of hydrogen-bond donors (Lipinski definition) is 1. The Balaban J connectivity index is 1.75. The van der Waals surface area contributed by atoms with Gasteiger partial charge in [-0.3, -0.25) is 13.9 Å². The summed E-state index contributed by atoms with van der Waals surface area (Å²) >= 11 is 0. The van der Waals surface area contributed by atoms with Gasteiger partial charge in [0.25, 0.3) is 10.0 Å². The highest BCUT2D eigenvalue weighted by atomic mass is 32.2. The Hall–Kier alpha value is -3.92. The predicted octanol–water partition coefficient (Wildman–Crippen LogP) is 5.59.